The van der Waals surface area contributed by atoms with E-state index in [1.807, 2.05) is 30.3 Å². The lowest BCUT2D eigenvalue weighted by atomic mass is 10.1. The predicted molar refractivity (Wildman–Crippen MR) is 131 cm³/mol. The smallest absolute Gasteiger partial charge is 0.248 e. The summed E-state index contributed by atoms with van der Waals surface area (Å²) in [4.78, 5) is 12.3. The largest absolute Gasteiger partial charge is 0.502 e. The zero-order chi connectivity index (χ0) is 23.0. The van der Waals surface area contributed by atoms with Crippen molar-refractivity contribution >= 4 is 17.7 Å². The second-order valence-corrected chi connectivity index (χ2v) is 7.87. The molecule has 32 heavy (non-hydrogen) atoms. The average Bonchev–Trinajstić information content (AvgIpc) is 2.80. The van der Waals surface area contributed by atoms with Gasteiger partial charge in [-0.2, -0.15) is 0 Å². The van der Waals surface area contributed by atoms with Crippen LogP contribution in [0.2, 0.25) is 0 Å². The molecule has 0 radical (unpaired) electrons. The lowest BCUT2D eigenvalue weighted by molar-refractivity contribution is -0.111. The summed E-state index contributed by atoms with van der Waals surface area (Å²) in [7, 11) is 0. The van der Waals surface area contributed by atoms with Gasteiger partial charge >= 0.3 is 0 Å². The highest BCUT2D eigenvalue weighted by atomic mass is 16.5. The normalized spacial score (nSPS) is 10.9. The van der Waals surface area contributed by atoms with Crippen LogP contribution in [0.5, 0.6) is 17.2 Å². The molecule has 0 saturated heterocycles. The first kappa shape index (κ1) is 25.3. The average molecular weight is 440 g/mol. The van der Waals surface area contributed by atoms with E-state index in [2.05, 4.69) is 19.2 Å². The number of unbranched alkanes of at least 4 members (excludes halogenated alkanes) is 6. The number of rotatable bonds is 15. The first-order chi connectivity index (χ1) is 15.6. The minimum atomic E-state index is -0.228. The third-order valence-electron chi connectivity index (χ3n) is 5.04. The zero-order valence-electron chi connectivity index (χ0n) is 19.4. The van der Waals surface area contributed by atoms with Gasteiger partial charge in [0.2, 0.25) is 11.7 Å². The Bertz CT molecular complexity index is 798. The van der Waals surface area contributed by atoms with Gasteiger partial charge in [-0.15, -0.1) is 0 Å². The molecule has 2 N–H and O–H groups in total. The molecule has 0 spiro atoms. The van der Waals surface area contributed by atoms with Crippen LogP contribution in [0.15, 0.2) is 48.5 Å². The number of phenolic OH excluding ortho intramolecular Hbond substituents is 1. The Hall–Kier alpha value is -2.95. The van der Waals surface area contributed by atoms with E-state index in [0.717, 1.165) is 49.8 Å². The molecule has 0 atom stereocenters. The van der Waals surface area contributed by atoms with Gasteiger partial charge in [0.1, 0.15) is 0 Å². The van der Waals surface area contributed by atoms with Crippen molar-refractivity contribution in [3.05, 3.63) is 54.1 Å². The summed E-state index contributed by atoms with van der Waals surface area (Å²) in [5.74, 6) is 0.557. The number of hydrogen-bond acceptors (Lipinski definition) is 4. The van der Waals surface area contributed by atoms with E-state index in [4.69, 9.17) is 9.47 Å². The Balaban J connectivity index is 2.07. The fraction of sp³-hybridized carbons (Fsp3) is 0.444. The summed E-state index contributed by atoms with van der Waals surface area (Å²) in [5.41, 5.74) is 1.47. The van der Waals surface area contributed by atoms with Crippen molar-refractivity contribution in [2.45, 2.75) is 65.2 Å². The fourth-order valence-corrected chi connectivity index (χ4v) is 3.22. The number of hydrogen-bond donors (Lipinski definition) is 2. The van der Waals surface area contributed by atoms with Crippen LogP contribution in [0.4, 0.5) is 5.69 Å². The number of ether oxygens (including phenoxy) is 2. The SMILES string of the molecule is CCCCCCOc1cc(C=CC(=O)Nc2ccccc2)cc(OCCCCCC)c1O. The number of nitrogens with one attached hydrogen (secondary N) is 1. The van der Waals surface area contributed by atoms with Gasteiger partial charge in [0.05, 0.1) is 13.2 Å². The first-order valence-electron chi connectivity index (χ1n) is 11.8. The van der Waals surface area contributed by atoms with Gasteiger partial charge in [0, 0.05) is 11.8 Å². The molecule has 0 unspecified atom stereocenters. The number of carbonyl (C=O) groups is 1. The van der Waals surface area contributed by atoms with E-state index < -0.39 is 0 Å². The van der Waals surface area contributed by atoms with Gasteiger partial charge in [-0.05, 0) is 48.7 Å². The molecule has 5 heteroatoms. The second kappa shape index (κ2) is 15.0. The van der Waals surface area contributed by atoms with Crippen LogP contribution < -0.4 is 14.8 Å². The highest BCUT2D eigenvalue weighted by Gasteiger charge is 2.12. The fourth-order valence-electron chi connectivity index (χ4n) is 3.22. The van der Waals surface area contributed by atoms with E-state index in [0.29, 0.717) is 24.7 Å². The Labute approximate surface area is 192 Å². The van der Waals surface area contributed by atoms with Crippen molar-refractivity contribution in [3.63, 3.8) is 0 Å². The van der Waals surface area contributed by atoms with E-state index in [1.54, 1.807) is 18.2 Å². The van der Waals surface area contributed by atoms with Crippen molar-refractivity contribution in [1.29, 1.82) is 0 Å². The Morgan fingerprint density at radius 2 is 1.44 bits per heavy atom. The molecule has 2 aromatic rings. The van der Waals surface area contributed by atoms with E-state index >= 15 is 0 Å². The molecule has 2 rings (SSSR count). The van der Waals surface area contributed by atoms with Crippen molar-refractivity contribution in [2.24, 2.45) is 0 Å². The standard InChI is InChI=1S/C27H37NO4/c1-3-5-7-12-18-31-24-20-22(16-17-26(29)28-23-14-10-9-11-15-23)21-25(27(24)30)32-19-13-8-6-4-2/h9-11,14-17,20-21,30H,3-8,12-13,18-19H2,1-2H3,(H,28,29). The number of amides is 1. The van der Waals surface area contributed by atoms with Gasteiger partial charge in [-0.1, -0.05) is 70.6 Å². The van der Waals surface area contributed by atoms with E-state index in [1.165, 1.54) is 18.9 Å². The number of carbonyl (C=O) groups excluding carboxylic acids is 1. The molecule has 0 aliphatic carbocycles. The van der Waals surface area contributed by atoms with Crippen molar-refractivity contribution < 1.29 is 19.4 Å². The quantitative estimate of drug-likeness (QED) is 0.232. The highest BCUT2D eigenvalue weighted by molar-refractivity contribution is 6.01. The zero-order valence-corrected chi connectivity index (χ0v) is 19.4. The Morgan fingerprint density at radius 3 is 1.97 bits per heavy atom. The van der Waals surface area contributed by atoms with Gasteiger partial charge in [0.15, 0.2) is 11.5 Å². The molecule has 0 saturated carbocycles. The molecule has 2 aromatic carbocycles. The molecule has 174 valence electrons. The third kappa shape index (κ3) is 9.46. The van der Waals surface area contributed by atoms with Crippen LogP contribution in [0.25, 0.3) is 6.08 Å². The molecular formula is C27H37NO4. The molecule has 5 nitrogen and oxygen atoms in total. The summed E-state index contributed by atoms with van der Waals surface area (Å²) < 4.78 is 11.7. The maximum Gasteiger partial charge on any atom is 0.248 e. The van der Waals surface area contributed by atoms with Crippen molar-refractivity contribution in [2.75, 3.05) is 18.5 Å². The summed E-state index contributed by atoms with van der Waals surface area (Å²) in [6.45, 7) is 5.40. The predicted octanol–water partition coefficient (Wildman–Crippen LogP) is 6.96. The number of aromatic hydroxyl groups is 1. The van der Waals surface area contributed by atoms with Crippen LogP contribution in [0.1, 0.15) is 70.8 Å². The van der Waals surface area contributed by atoms with Crippen LogP contribution in [-0.4, -0.2) is 24.2 Å². The molecular weight excluding hydrogens is 402 g/mol. The monoisotopic (exact) mass is 439 g/mol. The Kier molecular flexibility index (Phi) is 11.8. The van der Waals surface area contributed by atoms with Gasteiger partial charge in [0.25, 0.3) is 0 Å². The van der Waals surface area contributed by atoms with Crippen molar-refractivity contribution in [3.8, 4) is 17.2 Å². The minimum absolute atomic E-state index is 0.0156. The van der Waals surface area contributed by atoms with Crippen LogP contribution >= 0.6 is 0 Å². The molecule has 0 aliphatic heterocycles. The number of benzene rings is 2. The highest BCUT2D eigenvalue weighted by Crippen LogP contribution is 2.38. The van der Waals surface area contributed by atoms with Crippen LogP contribution in [0.3, 0.4) is 0 Å². The van der Waals surface area contributed by atoms with E-state index in [-0.39, 0.29) is 11.7 Å². The Morgan fingerprint density at radius 1 is 0.875 bits per heavy atom. The lowest BCUT2D eigenvalue weighted by Crippen LogP contribution is -2.07. The van der Waals surface area contributed by atoms with Crippen molar-refractivity contribution in [1.82, 2.24) is 0 Å². The molecule has 0 heterocycles. The maximum atomic E-state index is 12.3. The molecule has 1 amide bonds. The van der Waals surface area contributed by atoms with Crippen LogP contribution in [-0.2, 0) is 4.79 Å². The summed E-state index contributed by atoms with van der Waals surface area (Å²) in [6.07, 6.45) is 11.9. The summed E-state index contributed by atoms with van der Waals surface area (Å²) >= 11 is 0. The van der Waals surface area contributed by atoms with Crippen LogP contribution in [0, 0.1) is 0 Å². The second-order valence-electron chi connectivity index (χ2n) is 7.87. The third-order valence-corrected chi connectivity index (χ3v) is 5.04. The summed E-state index contributed by atoms with van der Waals surface area (Å²) in [6, 6.07) is 12.8. The summed E-state index contributed by atoms with van der Waals surface area (Å²) in [5, 5.41) is 13.5. The van der Waals surface area contributed by atoms with Gasteiger partial charge < -0.3 is 19.9 Å². The number of para-hydroxylation sites is 1. The van der Waals surface area contributed by atoms with Gasteiger partial charge in [-0.25, -0.2) is 0 Å². The topological polar surface area (TPSA) is 67.8 Å². The number of anilines is 1. The maximum absolute atomic E-state index is 12.3. The van der Waals surface area contributed by atoms with Gasteiger partial charge in [-0.3, -0.25) is 4.79 Å². The minimum Gasteiger partial charge on any atom is -0.502 e. The van der Waals surface area contributed by atoms with E-state index in [9.17, 15) is 9.90 Å². The molecule has 0 fully saturated rings. The molecule has 0 bridgehead atoms. The first-order valence-corrected chi connectivity index (χ1v) is 11.8. The molecule has 0 aromatic heterocycles. The number of phenols is 1. The lowest BCUT2D eigenvalue weighted by Gasteiger charge is -2.14. The molecule has 0 aliphatic rings.